The maximum absolute atomic E-state index is 12.9. The topological polar surface area (TPSA) is 85.2 Å². The summed E-state index contributed by atoms with van der Waals surface area (Å²) in [7, 11) is 1.62. The Morgan fingerprint density at radius 2 is 1.91 bits per heavy atom. The molecule has 4 aromatic rings. The predicted octanol–water partition coefficient (Wildman–Crippen LogP) is 4.80. The summed E-state index contributed by atoms with van der Waals surface area (Å²) in [5.41, 5.74) is 3.36. The number of aryl methyl sites for hydroxylation is 1. The van der Waals surface area contributed by atoms with E-state index in [4.69, 9.17) is 9.84 Å². The van der Waals surface area contributed by atoms with Crippen molar-refractivity contribution in [1.82, 2.24) is 9.78 Å². The van der Waals surface area contributed by atoms with Gasteiger partial charge in [0.1, 0.15) is 17.6 Å². The van der Waals surface area contributed by atoms with Crippen molar-refractivity contribution in [2.24, 2.45) is 0 Å². The lowest BCUT2D eigenvalue weighted by atomic mass is 10.0. The average Bonchev–Trinajstić information content (AvgIpc) is 3.34. The van der Waals surface area contributed by atoms with Gasteiger partial charge in [-0.3, -0.25) is 9.59 Å². The summed E-state index contributed by atoms with van der Waals surface area (Å²) in [6.07, 6.45) is 0.682. The van der Waals surface area contributed by atoms with Gasteiger partial charge in [0.25, 0.3) is 5.91 Å². The van der Waals surface area contributed by atoms with Crippen molar-refractivity contribution in [1.29, 1.82) is 0 Å². The Balaban J connectivity index is 1.44. The molecule has 3 aromatic carbocycles. The van der Waals surface area contributed by atoms with Gasteiger partial charge < -0.3 is 15.4 Å². The molecule has 0 saturated heterocycles. The number of rotatable bonds is 6. The standard InChI is InChI=1S/C26H24N4O3/c1-3-20-24(17-10-6-11-18(14-17)33-2)25-28-26(32)22(30(25)29-20)15-23(31)27-21-13-7-9-16-8-4-5-12-19(16)21/h4-14,22H,3,15H2,1-2H3,(H,27,31)(H,28,32). The first-order valence-electron chi connectivity index (χ1n) is 10.9. The number of hydrogen-bond donors (Lipinski definition) is 2. The number of methoxy groups -OCH3 is 1. The number of amides is 2. The molecule has 1 atom stereocenters. The third-order valence-electron chi connectivity index (χ3n) is 5.96. The second-order valence-electron chi connectivity index (χ2n) is 7.98. The number of ether oxygens (including phenoxy) is 1. The lowest BCUT2D eigenvalue weighted by molar-refractivity contribution is -0.123. The molecule has 5 rings (SSSR count). The largest absolute Gasteiger partial charge is 0.497 e. The van der Waals surface area contributed by atoms with Crippen molar-refractivity contribution in [3.63, 3.8) is 0 Å². The van der Waals surface area contributed by atoms with E-state index in [0.29, 0.717) is 12.2 Å². The zero-order chi connectivity index (χ0) is 22.9. The molecule has 0 saturated carbocycles. The van der Waals surface area contributed by atoms with Crippen LogP contribution in [0.15, 0.2) is 66.7 Å². The SMILES string of the molecule is CCc1nn2c(c1-c1cccc(OC)c1)NC(=O)C2CC(=O)Nc1cccc2ccccc12. The van der Waals surface area contributed by atoms with Crippen LogP contribution in [0.4, 0.5) is 11.5 Å². The smallest absolute Gasteiger partial charge is 0.251 e. The predicted molar refractivity (Wildman–Crippen MR) is 128 cm³/mol. The van der Waals surface area contributed by atoms with Crippen LogP contribution in [0.1, 0.15) is 25.1 Å². The highest BCUT2D eigenvalue weighted by molar-refractivity contribution is 6.06. The number of aromatic nitrogens is 2. The summed E-state index contributed by atoms with van der Waals surface area (Å²) in [5, 5.41) is 12.6. The highest BCUT2D eigenvalue weighted by Gasteiger charge is 2.36. The fourth-order valence-corrected chi connectivity index (χ4v) is 4.36. The molecule has 0 spiro atoms. The van der Waals surface area contributed by atoms with Gasteiger partial charge in [0.2, 0.25) is 5.91 Å². The molecule has 1 aromatic heterocycles. The molecule has 166 valence electrons. The molecule has 2 heterocycles. The minimum atomic E-state index is -0.709. The maximum Gasteiger partial charge on any atom is 0.251 e. The first-order valence-corrected chi connectivity index (χ1v) is 10.9. The molecule has 1 aliphatic rings. The monoisotopic (exact) mass is 440 g/mol. The van der Waals surface area contributed by atoms with Crippen LogP contribution in [0.3, 0.4) is 0 Å². The number of benzene rings is 3. The molecule has 2 N–H and O–H groups in total. The van der Waals surface area contributed by atoms with Crippen molar-refractivity contribution < 1.29 is 14.3 Å². The molecule has 0 aliphatic carbocycles. The van der Waals surface area contributed by atoms with E-state index in [1.54, 1.807) is 11.8 Å². The Bertz CT molecular complexity index is 1370. The molecule has 0 bridgehead atoms. The van der Waals surface area contributed by atoms with Crippen molar-refractivity contribution in [2.45, 2.75) is 25.8 Å². The first kappa shape index (κ1) is 20.8. The Kier molecular flexibility index (Phi) is 5.30. The van der Waals surface area contributed by atoms with Crippen LogP contribution in [0.25, 0.3) is 21.9 Å². The Labute approximate surface area is 191 Å². The van der Waals surface area contributed by atoms with E-state index in [2.05, 4.69) is 10.6 Å². The number of nitrogens with zero attached hydrogens (tertiary/aromatic N) is 2. The van der Waals surface area contributed by atoms with Crippen molar-refractivity contribution >= 4 is 34.1 Å². The van der Waals surface area contributed by atoms with E-state index in [-0.39, 0.29) is 18.2 Å². The number of nitrogens with one attached hydrogen (secondary N) is 2. The maximum atomic E-state index is 12.9. The number of hydrogen-bond acceptors (Lipinski definition) is 4. The summed E-state index contributed by atoms with van der Waals surface area (Å²) < 4.78 is 7.01. The third kappa shape index (κ3) is 3.71. The van der Waals surface area contributed by atoms with Gasteiger partial charge >= 0.3 is 0 Å². The second kappa shape index (κ2) is 8.43. The number of fused-ring (bicyclic) bond motifs is 2. The van der Waals surface area contributed by atoms with Gasteiger partial charge in [-0.1, -0.05) is 55.5 Å². The molecule has 33 heavy (non-hydrogen) atoms. The Morgan fingerprint density at radius 3 is 2.73 bits per heavy atom. The van der Waals surface area contributed by atoms with Crippen LogP contribution in [0.2, 0.25) is 0 Å². The summed E-state index contributed by atoms with van der Waals surface area (Å²) in [4.78, 5) is 25.8. The van der Waals surface area contributed by atoms with Crippen LogP contribution < -0.4 is 15.4 Å². The average molecular weight is 441 g/mol. The van der Waals surface area contributed by atoms with Crippen molar-refractivity contribution in [3.05, 3.63) is 72.4 Å². The summed E-state index contributed by atoms with van der Waals surface area (Å²) in [6.45, 7) is 2.02. The minimum Gasteiger partial charge on any atom is -0.497 e. The number of carbonyl (C=O) groups is 2. The number of anilines is 2. The highest BCUT2D eigenvalue weighted by Crippen LogP contribution is 2.39. The third-order valence-corrected chi connectivity index (χ3v) is 5.96. The van der Waals surface area contributed by atoms with Crippen molar-refractivity contribution in [2.75, 3.05) is 17.7 Å². The number of carbonyl (C=O) groups excluding carboxylic acids is 2. The van der Waals surface area contributed by atoms with Gasteiger partial charge in [-0.2, -0.15) is 5.10 Å². The highest BCUT2D eigenvalue weighted by atomic mass is 16.5. The Hall–Kier alpha value is -4.13. The lowest BCUT2D eigenvalue weighted by Crippen LogP contribution is -2.24. The molecule has 0 radical (unpaired) electrons. The van der Waals surface area contributed by atoms with Gasteiger partial charge in [0.15, 0.2) is 0 Å². The zero-order valence-corrected chi connectivity index (χ0v) is 18.5. The van der Waals surface area contributed by atoms with Crippen LogP contribution >= 0.6 is 0 Å². The molecule has 7 heteroatoms. The van der Waals surface area contributed by atoms with Crippen LogP contribution in [-0.4, -0.2) is 28.7 Å². The zero-order valence-electron chi connectivity index (χ0n) is 18.5. The van der Waals surface area contributed by atoms with Gasteiger partial charge in [0, 0.05) is 16.6 Å². The van der Waals surface area contributed by atoms with Crippen LogP contribution in [0, 0.1) is 0 Å². The van der Waals surface area contributed by atoms with E-state index in [9.17, 15) is 9.59 Å². The van der Waals surface area contributed by atoms with E-state index in [1.807, 2.05) is 73.7 Å². The molecule has 0 fully saturated rings. The quantitative estimate of drug-likeness (QED) is 0.451. The molecular weight excluding hydrogens is 416 g/mol. The van der Waals surface area contributed by atoms with Gasteiger partial charge in [0.05, 0.1) is 19.2 Å². The minimum absolute atomic E-state index is 0.00948. The van der Waals surface area contributed by atoms with E-state index in [1.165, 1.54) is 0 Å². The van der Waals surface area contributed by atoms with Gasteiger partial charge in [-0.25, -0.2) is 4.68 Å². The lowest BCUT2D eigenvalue weighted by Gasteiger charge is -2.12. The molecule has 1 unspecified atom stereocenters. The first-order chi connectivity index (χ1) is 16.1. The fourth-order valence-electron chi connectivity index (χ4n) is 4.36. The van der Waals surface area contributed by atoms with Crippen molar-refractivity contribution in [3.8, 4) is 16.9 Å². The molecule has 1 aliphatic heterocycles. The van der Waals surface area contributed by atoms with E-state index in [0.717, 1.165) is 39.0 Å². The fraction of sp³-hybridized carbons (Fsp3) is 0.192. The normalized spacial score (nSPS) is 14.7. The van der Waals surface area contributed by atoms with Crippen LogP contribution in [-0.2, 0) is 16.0 Å². The molecular formula is C26H24N4O3. The second-order valence-corrected chi connectivity index (χ2v) is 7.98. The molecule has 7 nitrogen and oxygen atoms in total. The Morgan fingerprint density at radius 1 is 1.12 bits per heavy atom. The summed E-state index contributed by atoms with van der Waals surface area (Å²) in [5.74, 6) is 0.867. The summed E-state index contributed by atoms with van der Waals surface area (Å²) >= 11 is 0. The van der Waals surface area contributed by atoms with Gasteiger partial charge in [-0.05, 0) is 35.6 Å². The molecule has 2 amide bonds. The van der Waals surface area contributed by atoms with Crippen LogP contribution in [0.5, 0.6) is 5.75 Å². The van der Waals surface area contributed by atoms with E-state index < -0.39 is 6.04 Å². The summed E-state index contributed by atoms with van der Waals surface area (Å²) in [6, 6.07) is 20.6. The van der Waals surface area contributed by atoms with Gasteiger partial charge in [-0.15, -0.1) is 0 Å². The van der Waals surface area contributed by atoms with E-state index >= 15 is 0 Å².